The SMILES string of the molecule is CCC(C)CNC1CCCNCC1. The Bertz CT molecular complexity index is 117. The minimum Gasteiger partial charge on any atom is -0.317 e. The predicted octanol–water partition coefficient (Wildman–Crippen LogP) is 1.76. The van der Waals surface area contributed by atoms with Crippen LogP contribution in [0.5, 0.6) is 0 Å². The number of hydrogen-bond donors (Lipinski definition) is 2. The van der Waals surface area contributed by atoms with Crippen LogP contribution in [0.3, 0.4) is 0 Å². The van der Waals surface area contributed by atoms with E-state index in [0.717, 1.165) is 12.0 Å². The van der Waals surface area contributed by atoms with Gasteiger partial charge >= 0.3 is 0 Å². The molecule has 0 spiro atoms. The highest BCUT2D eigenvalue weighted by molar-refractivity contribution is 4.73. The van der Waals surface area contributed by atoms with E-state index < -0.39 is 0 Å². The van der Waals surface area contributed by atoms with Crippen molar-refractivity contribution in [3.8, 4) is 0 Å². The molecule has 2 nitrogen and oxygen atoms in total. The maximum atomic E-state index is 3.67. The van der Waals surface area contributed by atoms with Crippen LogP contribution in [-0.4, -0.2) is 25.7 Å². The Kier molecular flexibility index (Phi) is 5.40. The van der Waals surface area contributed by atoms with Crippen molar-refractivity contribution < 1.29 is 0 Å². The van der Waals surface area contributed by atoms with Crippen LogP contribution in [-0.2, 0) is 0 Å². The van der Waals surface area contributed by atoms with E-state index in [2.05, 4.69) is 24.5 Å². The maximum absolute atomic E-state index is 3.67. The molecule has 2 unspecified atom stereocenters. The van der Waals surface area contributed by atoms with Crippen LogP contribution in [0.2, 0.25) is 0 Å². The molecule has 2 heteroatoms. The summed E-state index contributed by atoms with van der Waals surface area (Å²) in [6, 6.07) is 0.768. The third kappa shape index (κ3) is 4.63. The molecule has 2 N–H and O–H groups in total. The van der Waals surface area contributed by atoms with Crippen LogP contribution in [0.1, 0.15) is 39.5 Å². The van der Waals surface area contributed by atoms with Crippen molar-refractivity contribution in [2.75, 3.05) is 19.6 Å². The van der Waals surface area contributed by atoms with Crippen LogP contribution in [0.15, 0.2) is 0 Å². The first-order valence-corrected chi connectivity index (χ1v) is 5.77. The Balaban J connectivity index is 2.11. The Labute approximate surface area is 82.5 Å². The summed E-state index contributed by atoms with van der Waals surface area (Å²) in [6.07, 6.45) is 5.27. The summed E-state index contributed by atoms with van der Waals surface area (Å²) < 4.78 is 0. The number of rotatable bonds is 4. The summed E-state index contributed by atoms with van der Waals surface area (Å²) in [5.41, 5.74) is 0. The van der Waals surface area contributed by atoms with Gasteiger partial charge in [0.1, 0.15) is 0 Å². The quantitative estimate of drug-likeness (QED) is 0.696. The van der Waals surface area contributed by atoms with Gasteiger partial charge in [0, 0.05) is 6.04 Å². The van der Waals surface area contributed by atoms with Crippen LogP contribution in [0, 0.1) is 5.92 Å². The van der Waals surface area contributed by atoms with Gasteiger partial charge in [0.2, 0.25) is 0 Å². The first-order chi connectivity index (χ1) is 6.33. The van der Waals surface area contributed by atoms with Crippen molar-refractivity contribution in [3.05, 3.63) is 0 Å². The van der Waals surface area contributed by atoms with Crippen LogP contribution in [0.4, 0.5) is 0 Å². The summed E-state index contributed by atoms with van der Waals surface area (Å²) >= 11 is 0. The predicted molar refractivity (Wildman–Crippen MR) is 58.0 cm³/mol. The second-order valence-corrected chi connectivity index (χ2v) is 4.30. The van der Waals surface area contributed by atoms with Gasteiger partial charge in [0.05, 0.1) is 0 Å². The number of hydrogen-bond acceptors (Lipinski definition) is 2. The van der Waals surface area contributed by atoms with Crippen molar-refractivity contribution in [1.29, 1.82) is 0 Å². The Morgan fingerprint density at radius 1 is 1.38 bits per heavy atom. The van der Waals surface area contributed by atoms with Crippen molar-refractivity contribution in [2.45, 2.75) is 45.6 Å². The molecule has 78 valence electrons. The van der Waals surface area contributed by atoms with E-state index in [0.29, 0.717) is 0 Å². The van der Waals surface area contributed by atoms with Gasteiger partial charge in [-0.25, -0.2) is 0 Å². The van der Waals surface area contributed by atoms with Gasteiger partial charge in [-0.3, -0.25) is 0 Å². The van der Waals surface area contributed by atoms with Gasteiger partial charge in [-0.1, -0.05) is 20.3 Å². The highest BCUT2D eigenvalue weighted by Gasteiger charge is 2.11. The van der Waals surface area contributed by atoms with Crippen molar-refractivity contribution in [3.63, 3.8) is 0 Å². The first kappa shape index (κ1) is 11.0. The molecule has 1 aliphatic heterocycles. The van der Waals surface area contributed by atoms with Crippen molar-refractivity contribution in [2.24, 2.45) is 5.92 Å². The molecule has 0 bridgehead atoms. The molecule has 1 saturated heterocycles. The second-order valence-electron chi connectivity index (χ2n) is 4.30. The summed E-state index contributed by atoms with van der Waals surface area (Å²) in [6.45, 7) is 8.18. The normalized spacial score (nSPS) is 26.8. The van der Waals surface area contributed by atoms with Gasteiger partial charge < -0.3 is 10.6 Å². The molecule has 1 heterocycles. The minimum atomic E-state index is 0.768. The average molecular weight is 184 g/mol. The molecule has 0 amide bonds. The molecule has 0 aromatic heterocycles. The third-order valence-electron chi connectivity index (χ3n) is 3.03. The largest absolute Gasteiger partial charge is 0.317 e. The van der Waals surface area contributed by atoms with E-state index in [1.807, 2.05) is 0 Å². The van der Waals surface area contributed by atoms with Gasteiger partial charge in [0.25, 0.3) is 0 Å². The summed E-state index contributed by atoms with van der Waals surface area (Å²) in [4.78, 5) is 0. The van der Waals surface area contributed by atoms with E-state index in [9.17, 15) is 0 Å². The zero-order valence-corrected chi connectivity index (χ0v) is 9.10. The highest BCUT2D eigenvalue weighted by Crippen LogP contribution is 2.06. The van der Waals surface area contributed by atoms with E-state index in [1.165, 1.54) is 45.3 Å². The lowest BCUT2D eigenvalue weighted by Gasteiger charge is -2.18. The minimum absolute atomic E-state index is 0.768. The molecule has 0 saturated carbocycles. The summed E-state index contributed by atoms with van der Waals surface area (Å²) in [5, 5.41) is 7.11. The Hall–Kier alpha value is -0.0800. The molecule has 1 fully saturated rings. The smallest absolute Gasteiger partial charge is 0.00797 e. The zero-order valence-electron chi connectivity index (χ0n) is 9.10. The molecular weight excluding hydrogens is 160 g/mol. The first-order valence-electron chi connectivity index (χ1n) is 5.77. The Morgan fingerprint density at radius 3 is 3.00 bits per heavy atom. The zero-order chi connectivity index (χ0) is 9.52. The molecule has 1 rings (SSSR count). The topological polar surface area (TPSA) is 24.1 Å². The fraction of sp³-hybridized carbons (Fsp3) is 1.00. The molecule has 0 radical (unpaired) electrons. The van der Waals surface area contributed by atoms with Crippen LogP contribution >= 0.6 is 0 Å². The Morgan fingerprint density at radius 2 is 2.23 bits per heavy atom. The summed E-state index contributed by atoms with van der Waals surface area (Å²) in [7, 11) is 0. The molecule has 2 atom stereocenters. The molecule has 0 aromatic carbocycles. The van der Waals surface area contributed by atoms with Gasteiger partial charge in [0.15, 0.2) is 0 Å². The number of nitrogens with one attached hydrogen (secondary N) is 2. The van der Waals surface area contributed by atoms with E-state index in [1.54, 1.807) is 0 Å². The summed E-state index contributed by atoms with van der Waals surface area (Å²) in [5.74, 6) is 0.830. The third-order valence-corrected chi connectivity index (χ3v) is 3.03. The van der Waals surface area contributed by atoms with E-state index in [4.69, 9.17) is 0 Å². The molecule has 13 heavy (non-hydrogen) atoms. The highest BCUT2D eigenvalue weighted by atomic mass is 14.9. The fourth-order valence-electron chi connectivity index (χ4n) is 1.74. The van der Waals surface area contributed by atoms with Crippen molar-refractivity contribution in [1.82, 2.24) is 10.6 Å². The van der Waals surface area contributed by atoms with Crippen LogP contribution < -0.4 is 10.6 Å². The van der Waals surface area contributed by atoms with E-state index in [-0.39, 0.29) is 0 Å². The van der Waals surface area contributed by atoms with Gasteiger partial charge in [-0.05, 0) is 44.8 Å². The van der Waals surface area contributed by atoms with E-state index >= 15 is 0 Å². The van der Waals surface area contributed by atoms with Gasteiger partial charge in [-0.2, -0.15) is 0 Å². The van der Waals surface area contributed by atoms with Crippen molar-refractivity contribution >= 4 is 0 Å². The standard InChI is InChI=1S/C11H24N2/c1-3-10(2)9-13-11-5-4-7-12-8-6-11/h10-13H,3-9H2,1-2H3. The lowest BCUT2D eigenvalue weighted by Crippen LogP contribution is -2.33. The van der Waals surface area contributed by atoms with Crippen LogP contribution in [0.25, 0.3) is 0 Å². The molecule has 1 aliphatic rings. The lowest BCUT2D eigenvalue weighted by atomic mass is 10.1. The second kappa shape index (κ2) is 6.39. The monoisotopic (exact) mass is 184 g/mol. The molecule has 0 aliphatic carbocycles. The fourth-order valence-corrected chi connectivity index (χ4v) is 1.74. The molecule has 0 aromatic rings. The molecular formula is C11H24N2. The maximum Gasteiger partial charge on any atom is 0.00797 e. The lowest BCUT2D eigenvalue weighted by molar-refractivity contribution is 0.413. The van der Waals surface area contributed by atoms with Gasteiger partial charge in [-0.15, -0.1) is 0 Å². The average Bonchev–Trinajstić information content (AvgIpc) is 2.42.